The summed E-state index contributed by atoms with van der Waals surface area (Å²) in [6.45, 7) is 12.4. The van der Waals surface area contributed by atoms with E-state index in [0.29, 0.717) is 0 Å². The Labute approximate surface area is 271 Å². The number of fused-ring (bicyclic) bond motifs is 7. The summed E-state index contributed by atoms with van der Waals surface area (Å²) >= 11 is 0. The van der Waals surface area contributed by atoms with Gasteiger partial charge in [0.25, 0.3) is 0 Å². The third kappa shape index (κ3) is 7.93. The fourth-order valence-corrected chi connectivity index (χ4v) is 6.78. The van der Waals surface area contributed by atoms with E-state index in [4.69, 9.17) is 0 Å². The molecule has 0 saturated carbocycles. The van der Waals surface area contributed by atoms with Gasteiger partial charge in [-0.05, 0) is 79.5 Å². The molecule has 6 aromatic rings. The topological polar surface area (TPSA) is 0 Å². The van der Waals surface area contributed by atoms with Crippen LogP contribution in [0.3, 0.4) is 0 Å². The Morgan fingerprint density at radius 3 is 1.58 bits per heavy atom. The molecule has 0 spiro atoms. The number of hydrogen-bond acceptors (Lipinski definition) is 0. The van der Waals surface area contributed by atoms with Crippen LogP contribution < -0.4 is 0 Å². The maximum Gasteiger partial charge on any atom is -0.00987 e. The van der Waals surface area contributed by atoms with E-state index in [2.05, 4.69) is 106 Å². The molecule has 0 bridgehead atoms. The molecule has 6 rings (SSSR count). The predicted octanol–water partition coefficient (Wildman–Crippen LogP) is 14.0. The second kappa shape index (κ2) is 16.2. The first-order valence-electron chi connectivity index (χ1n) is 17.2. The molecule has 6 aromatic carbocycles. The first-order chi connectivity index (χ1) is 22.1. The van der Waals surface area contributed by atoms with Crippen molar-refractivity contribution in [2.75, 3.05) is 0 Å². The summed E-state index contributed by atoms with van der Waals surface area (Å²) in [6.07, 6.45) is 18.9. The lowest BCUT2D eigenvalue weighted by atomic mass is 9.91. The Morgan fingerprint density at radius 1 is 0.489 bits per heavy atom. The minimum atomic E-state index is 1.13. The Balaban J connectivity index is 0.000000505. The highest BCUT2D eigenvalue weighted by Gasteiger charge is 2.10. The van der Waals surface area contributed by atoms with Crippen molar-refractivity contribution < 1.29 is 0 Å². The molecular formula is C45H50. The summed E-state index contributed by atoms with van der Waals surface area (Å²) in [6, 6.07) is 35.6. The van der Waals surface area contributed by atoms with Crippen molar-refractivity contribution in [2.45, 2.75) is 84.5 Å². The fraction of sp³-hybridized carbons (Fsp3) is 0.289. The molecule has 230 valence electrons. The van der Waals surface area contributed by atoms with Crippen LogP contribution in [0.25, 0.3) is 55.2 Å². The highest BCUT2D eigenvalue weighted by molar-refractivity contribution is 6.22. The molecule has 0 amide bonds. The molecule has 0 saturated heterocycles. The van der Waals surface area contributed by atoms with E-state index in [-0.39, 0.29) is 0 Å². The highest BCUT2D eigenvalue weighted by Crippen LogP contribution is 2.37. The van der Waals surface area contributed by atoms with Gasteiger partial charge in [0.1, 0.15) is 0 Å². The molecule has 0 radical (unpaired) electrons. The molecule has 0 aliphatic heterocycles. The van der Waals surface area contributed by atoms with E-state index < -0.39 is 0 Å². The Morgan fingerprint density at radius 2 is 1.00 bits per heavy atom. The zero-order chi connectivity index (χ0) is 31.4. The van der Waals surface area contributed by atoms with Gasteiger partial charge in [0.05, 0.1) is 0 Å². The van der Waals surface area contributed by atoms with Gasteiger partial charge in [0, 0.05) is 0 Å². The normalized spacial score (nSPS) is 11.2. The van der Waals surface area contributed by atoms with Gasteiger partial charge in [-0.25, -0.2) is 0 Å². The summed E-state index contributed by atoms with van der Waals surface area (Å²) in [4.78, 5) is 0. The molecule has 0 heterocycles. The first kappa shape index (κ1) is 32.2. The van der Waals surface area contributed by atoms with E-state index in [1.165, 1.54) is 125 Å². The first-order valence-corrected chi connectivity index (χ1v) is 17.2. The third-order valence-electron chi connectivity index (χ3n) is 9.33. The van der Waals surface area contributed by atoms with Gasteiger partial charge in [-0.15, -0.1) is 0 Å². The van der Waals surface area contributed by atoms with Crippen LogP contribution in [0.2, 0.25) is 0 Å². The lowest BCUT2D eigenvalue weighted by Crippen LogP contribution is -1.89. The summed E-state index contributed by atoms with van der Waals surface area (Å²) in [5, 5.41) is 10.5. The van der Waals surface area contributed by atoms with Crippen LogP contribution in [-0.2, 0) is 6.42 Å². The van der Waals surface area contributed by atoms with Crippen molar-refractivity contribution in [2.24, 2.45) is 0 Å². The Kier molecular flexibility index (Phi) is 11.6. The molecule has 0 N–H and O–H groups in total. The Bertz CT molecular complexity index is 1870. The maximum absolute atomic E-state index is 4.06. The monoisotopic (exact) mass is 590 g/mol. The van der Waals surface area contributed by atoms with Gasteiger partial charge in [0.2, 0.25) is 0 Å². The predicted molar refractivity (Wildman–Crippen MR) is 203 cm³/mol. The molecule has 0 unspecified atom stereocenters. The lowest BCUT2D eigenvalue weighted by molar-refractivity contribution is 0.556. The number of benzene rings is 6. The quantitative estimate of drug-likeness (QED) is 0.0927. The Hall–Kier alpha value is -4.16. The average Bonchev–Trinajstić information content (AvgIpc) is 3.08. The maximum atomic E-state index is 4.06. The fourth-order valence-electron chi connectivity index (χ4n) is 6.78. The summed E-state index contributed by atoms with van der Waals surface area (Å²) in [5.74, 6) is 0. The van der Waals surface area contributed by atoms with E-state index >= 15 is 0 Å². The molecular weight excluding hydrogens is 540 g/mol. The molecule has 45 heavy (non-hydrogen) atoms. The van der Waals surface area contributed by atoms with Gasteiger partial charge in [-0.2, -0.15) is 0 Å². The van der Waals surface area contributed by atoms with Crippen molar-refractivity contribution in [3.05, 3.63) is 132 Å². The number of hydrogen-bond donors (Lipinski definition) is 0. The van der Waals surface area contributed by atoms with Crippen LogP contribution in [0.4, 0.5) is 0 Å². The van der Waals surface area contributed by atoms with E-state index in [0.717, 1.165) is 11.1 Å². The van der Waals surface area contributed by atoms with Gasteiger partial charge in [0.15, 0.2) is 0 Å². The van der Waals surface area contributed by atoms with E-state index in [1.807, 2.05) is 30.4 Å². The molecule has 0 heteroatoms. The summed E-state index contributed by atoms with van der Waals surface area (Å²) in [5.41, 5.74) is 5.08. The van der Waals surface area contributed by atoms with Crippen molar-refractivity contribution >= 4 is 55.2 Å². The summed E-state index contributed by atoms with van der Waals surface area (Å²) < 4.78 is 0. The van der Waals surface area contributed by atoms with Crippen LogP contribution in [0.5, 0.6) is 0 Å². The average molecular weight is 591 g/mol. The van der Waals surface area contributed by atoms with Crippen LogP contribution >= 0.6 is 0 Å². The molecule has 0 atom stereocenters. The number of rotatable bonds is 13. The number of unbranched alkanes of at least 4 members (excludes halogenated alkanes) is 9. The van der Waals surface area contributed by atoms with Crippen molar-refractivity contribution in [3.63, 3.8) is 0 Å². The second-order valence-corrected chi connectivity index (χ2v) is 12.6. The summed E-state index contributed by atoms with van der Waals surface area (Å²) in [7, 11) is 0. The van der Waals surface area contributed by atoms with Gasteiger partial charge < -0.3 is 0 Å². The van der Waals surface area contributed by atoms with Crippen molar-refractivity contribution in [1.82, 2.24) is 0 Å². The molecule has 0 aromatic heterocycles. The highest BCUT2D eigenvalue weighted by atomic mass is 14.1. The minimum absolute atomic E-state index is 1.13. The van der Waals surface area contributed by atoms with Gasteiger partial charge in [-0.1, -0.05) is 193 Å². The smallest absolute Gasteiger partial charge is 0.00987 e. The SMILES string of the molecule is C=Cc1ccc2c(ccc3c2ccc2c4ccc(CCCCCCCCCCCC)cc4ccc23)c1C=C.Cc1ccccc1. The van der Waals surface area contributed by atoms with Gasteiger partial charge in [-0.3, -0.25) is 0 Å². The van der Waals surface area contributed by atoms with Crippen LogP contribution in [0.15, 0.2) is 110 Å². The van der Waals surface area contributed by atoms with Crippen LogP contribution in [0, 0.1) is 6.92 Å². The lowest BCUT2D eigenvalue weighted by Gasteiger charge is -2.13. The molecule has 0 aliphatic carbocycles. The van der Waals surface area contributed by atoms with Crippen LogP contribution in [-0.4, -0.2) is 0 Å². The zero-order valence-electron chi connectivity index (χ0n) is 27.6. The minimum Gasteiger partial charge on any atom is -0.0984 e. The largest absolute Gasteiger partial charge is 0.0984 e. The van der Waals surface area contributed by atoms with Gasteiger partial charge >= 0.3 is 0 Å². The van der Waals surface area contributed by atoms with Crippen molar-refractivity contribution in [1.29, 1.82) is 0 Å². The van der Waals surface area contributed by atoms with E-state index in [1.54, 1.807) is 0 Å². The van der Waals surface area contributed by atoms with Crippen LogP contribution in [0.1, 0.15) is 93.4 Å². The van der Waals surface area contributed by atoms with E-state index in [9.17, 15) is 0 Å². The number of aryl methyl sites for hydroxylation is 2. The third-order valence-corrected chi connectivity index (χ3v) is 9.33. The molecule has 0 nitrogen and oxygen atoms in total. The molecule has 0 fully saturated rings. The van der Waals surface area contributed by atoms with Crippen molar-refractivity contribution in [3.8, 4) is 0 Å². The standard InChI is InChI=1S/C38H42.C7H8/c1-4-7-8-9-10-11-12-13-14-15-16-28-17-20-32-30(27-28)19-22-36-34(32)24-26-37-35-21-18-29(5-2)31(6-3)33(35)23-25-38(36)37;1-7-5-3-2-4-6-7/h5-6,17-27H,2-4,7-16H2,1H3;2-6H,1H3. The second-order valence-electron chi connectivity index (χ2n) is 12.6. The zero-order valence-corrected chi connectivity index (χ0v) is 27.6. The molecule has 0 aliphatic rings.